The summed E-state index contributed by atoms with van der Waals surface area (Å²) in [6, 6.07) is 18.2. The fourth-order valence-corrected chi connectivity index (χ4v) is 5.43. The molecule has 8 heteroatoms. The van der Waals surface area contributed by atoms with Crippen LogP contribution < -0.4 is 10.1 Å². The molecule has 36 heavy (non-hydrogen) atoms. The van der Waals surface area contributed by atoms with Gasteiger partial charge in [0, 0.05) is 28.7 Å². The van der Waals surface area contributed by atoms with Crippen molar-refractivity contribution >= 4 is 40.6 Å². The van der Waals surface area contributed by atoms with Gasteiger partial charge >= 0.3 is 6.03 Å². The van der Waals surface area contributed by atoms with Crippen LogP contribution in [0.4, 0.5) is 10.5 Å². The molecule has 0 saturated carbocycles. The lowest BCUT2D eigenvalue weighted by atomic mass is 10.00. The van der Waals surface area contributed by atoms with Gasteiger partial charge in [-0.25, -0.2) is 4.79 Å². The number of anilines is 1. The zero-order valence-electron chi connectivity index (χ0n) is 20.7. The molecule has 1 N–H and O–H groups in total. The second-order valence-electron chi connectivity index (χ2n) is 9.11. The minimum absolute atomic E-state index is 0.00194. The summed E-state index contributed by atoms with van der Waals surface area (Å²) >= 11 is 7.80. The minimum Gasteiger partial charge on any atom is -0.491 e. The molecule has 1 aliphatic heterocycles. The second kappa shape index (κ2) is 12.3. The normalized spacial score (nSPS) is 15.6. The van der Waals surface area contributed by atoms with Gasteiger partial charge in [0.25, 0.3) is 0 Å². The van der Waals surface area contributed by atoms with Crippen molar-refractivity contribution in [1.29, 1.82) is 0 Å². The molecule has 4 rings (SSSR count). The lowest BCUT2D eigenvalue weighted by Gasteiger charge is -2.37. The van der Waals surface area contributed by atoms with E-state index >= 15 is 0 Å². The largest absolute Gasteiger partial charge is 0.491 e. The maximum atomic E-state index is 13.7. The number of hydrogen-bond donors (Lipinski definition) is 1. The molecular weight excluding hydrogens is 494 g/mol. The smallest absolute Gasteiger partial charge is 0.322 e. The van der Waals surface area contributed by atoms with E-state index in [-0.39, 0.29) is 30.4 Å². The van der Waals surface area contributed by atoms with Gasteiger partial charge in [-0.1, -0.05) is 56.1 Å². The van der Waals surface area contributed by atoms with E-state index in [1.54, 1.807) is 40.5 Å². The zero-order valence-corrected chi connectivity index (χ0v) is 22.2. The molecule has 6 nitrogen and oxygen atoms in total. The molecule has 2 heterocycles. The summed E-state index contributed by atoms with van der Waals surface area (Å²) < 4.78 is 6.08. The summed E-state index contributed by atoms with van der Waals surface area (Å²) in [5, 5.41) is 5.51. The number of carbonyl (C=O) groups excluding carboxylic acids is 2. The van der Waals surface area contributed by atoms with Gasteiger partial charge in [0.15, 0.2) is 0 Å². The van der Waals surface area contributed by atoms with E-state index in [0.717, 1.165) is 24.2 Å². The first-order valence-electron chi connectivity index (χ1n) is 12.3. The van der Waals surface area contributed by atoms with E-state index in [2.05, 4.69) is 30.6 Å². The van der Waals surface area contributed by atoms with Crippen molar-refractivity contribution in [2.24, 2.45) is 5.92 Å². The van der Waals surface area contributed by atoms with Crippen molar-refractivity contribution in [1.82, 2.24) is 9.80 Å². The van der Waals surface area contributed by atoms with Crippen molar-refractivity contribution < 1.29 is 14.3 Å². The third kappa shape index (κ3) is 6.59. The lowest BCUT2D eigenvalue weighted by Crippen LogP contribution is -2.49. The molecular formula is C28H32ClN3O3S. The zero-order chi connectivity index (χ0) is 25.5. The maximum Gasteiger partial charge on any atom is 0.322 e. The number of amides is 3. The van der Waals surface area contributed by atoms with Gasteiger partial charge in [0.2, 0.25) is 5.91 Å². The number of nitrogens with zero attached hydrogens (tertiary/aromatic N) is 2. The van der Waals surface area contributed by atoms with Crippen LogP contribution in [0.25, 0.3) is 0 Å². The molecule has 0 fully saturated rings. The molecule has 3 aromatic rings. The Morgan fingerprint density at radius 3 is 2.75 bits per heavy atom. The standard InChI is InChI=1S/C28H32ClN3O3S/c1-3-20(2)17-31(28(34)30-22-9-7-8-21(29)16-22)18-27(33)32-14-12-26-24(13-15-36-26)25(32)19-35-23-10-5-4-6-11-23/h4-11,13,15-16,20,25H,3,12,14,17-19H2,1-2H3,(H,30,34)/t20-,25-/m1/s1. The van der Waals surface area contributed by atoms with Gasteiger partial charge in [0.05, 0.1) is 6.04 Å². The fourth-order valence-electron chi connectivity index (χ4n) is 4.31. The molecule has 0 saturated heterocycles. The Hall–Kier alpha value is -3.03. The number of urea groups is 1. The van der Waals surface area contributed by atoms with E-state index < -0.39 is 0 Å². The summed E-state index contributed by atoms with van der Waals surface area (Å²) in [5.74, 6) is 0.939. The van der Waals surface area contributed by atoms with Crippen LogP contribution in [0.5, 0.6) is 5.75 Å². The number of halogens is 1. The molecule has 2 atom stereocenters. The van der Waals surface area contributed by atoms with Crippen LogP contribution in [0.1, 0.15) is 36.8 Å². The molecule has 0 spiro atoms. The van der Waals surface area contributed by atoms with Crippen LogP contribution in [0.2, 0.25) is 5.02 Å². The number of rotatable bonds is 9. The van der Waals surface area contributed by atoms with E-state index in [9.17, 15) is 9.59 Å². The molecule has 3 amide bonds. The van der Waals surface area contributed by atoms with Gasteiger partial charge in [-0.3, -0.25) is 4.79 Å². The molecule has 0 aliphatic carbocycles. The highest BCUT2D eigenvalue weighted by Gasteiger charge is 2.33. The van der Waals surface area contributed by atoms with E-state index in [1.807, 2.05) is 35.2 Å². The topological polar surface area (TPSA) is 61.9 Å². The van der Waals surface area contributed by atoms with Crippen molar-refractivity contribution in [3.05, 3.63) is 81.5 Å². The van der Waals surface area contributed by atoms with Gasteiger partial charge < -0.3 is 19.9 Å². The minimum atomic E-state index is -0.309. The summed E-state index contributed by atoms with van der Waals surface area (Å²) in [6.07, 6.45) is 1.71. The summed E-state index contributed by atoms with van der Waals surface area (Å²) in [7, 11) is 0. The average molecular weight is 526 g/mol. The first-order chi connectivity index (χ1) is 17.4. The van der Waals surface area contributed by atoms with Crippen LogP contribution >= 0.6 is 22.9 Å². The number of hydrogen-bond acceptors (Lipinski definition) is 4. The van der Waals surface area contributed by atoms with Crippen LogP contribution in [0, 0.1) is 5.92 Å². The van der Waals surface area contributed by atoms with E-state index in [4.69, 9.17) is 16.3 Å². The highest BCUT2D eigenvalue weighted by molar-refractivity contribution is 7.10. The Labute approximate surface area is 221 Å². The van der Waals surface area contributed by atoms with Crippen LogP contribution in [0.3, 0.4) is 0 Å². The third-order valence-corrected chi connectivity index (χ3v) is 7.72. The van der Waals surface area contributed by atoms with Crippen molar-refractivity contribution in [3.8, 4) is 5.75 Å². The third-order valence-electron chi connectivity index (χ3n) is 6.48. The van der Waals surface area contributed by atoms with Gasteiger partial charge in [0.1, 0.15) is 18.9 Å². The Bertz CT molecular complexity index is 1170. The lowest BCUT2D eigenvalue weighted by molar-refractivity contribution is -0.135. The van der Waals surface area contributed by atoms with Crippen LogP contribution in [-0.4, -0.2) is 48.0 Å². The first kappa shape index (κ1) is 26.0. The Balaban J connectivity index is 1.50. The number of fused-ring (bicyclic) bond motifs is 1. The summed E-state index contributed by atoms with van der Waals surface area (Å²) in [6.45, 7) is 5.61. The number of carbonyl (C=O) groups is 2. The predicted molar refractivity (Wildman–Crippen MR) is 146 cm³/mol. The van der Waals surface area contributed by atoms with Crippen LogP contribution in [-0.2, 0) is 11.2 Å². The van der Waals surface area contributed by atoms with E-state index in [0.29, 0.717) is 30.4 Å². The van der Waals surface area contributed by atoms with Gasteiger partial charge in [-0.2, -0.15) is 0 Å². The second-order valence-corrected chi connectivity index (χ2v) is 10.5. The molecule has 1 aromatic heterocycles. The number of benzene rings is 2. The fraction of sp³-hybridized carbons (Fsp3) is 0.357. The van der Waals surface area contributed by atoms with Crippen molar-refractivity contribution in [2.45, 2.75) is 32.7 Å². The quantitative estimate of drug-likeness (QED) is 0.347. The van der Waals surface area contributed by atoms with E-state index in [1.165, 1.54) is 4.88 Å². The molecule has 0 unspecified atom stereocenters. The maximum absolute atomic E-state index is 13.7. The molecule has 0 bridgehead atoms. The highest BCUT2D eigenvalue weighted by atomic mass is 35.5. The number of ether oxygens (including phenoxy) is 1. The summed E-state index contributed by atoms with van der Waals surface area (Å²) in [5.41, 5.74) is 1.73. The van der Waals surface area contributed by atoms with Crippen molar-refractivity contribution in [3.63, 3.8) is 0 Å². The number of para-hydroxylation sites is 1. The molecule has 2 aromatic carbocycles. The summed E-state index contributed by atoms with van der Waals surface area (Å²) in [4.78, 5) is 31.7. The van der Waals surface area contributed by atoms with Crippen LogP contribution in [0.15, 0.2) is 66.0 Å². The van der Waals surface area contributed by atoms with Gasteiger partial charge in [-0.15, -0.1) is 11.3 Å². The molecule has 190 valence electrons. The van der Waals surface area contributed by atoms with Crippen molar-refractivity contribution in [2.75, 3.05) is 31.6 Å². The average Bonchev–Trinajstić information content (AvgIpc) is 3.36. The Kier molecular flexibility index (Phi) is 8.88. The number of thiophene rings is 1. The predicted octanol–water partition coefficient (Wildman–Crippen LogP) is 6.49. The highest BCUT2D eigenvalue weighted by Crippen LogP contribution is 2.34. The number of nitrogens with one attached hydrogen (secondary N) is 1. The monoisotopic (exact) mass is 525 g/mol. The Morgan fingerprint density at radius 2 is 2.00 bits per heavy atom. The molecule has 1 aliphatic rings. The molecule has 0 radical (unpaired) electrons. The Morgan fingerprint density at radius 1 is 1.19 bits per heavy atom. The first-order valence-corrected chi connectivity index (χ1v) is 13.6. The SMILES string of the molecule is CC[C@@H](C)CN(CC(=O)N1CCc2sccc2[C@H]1COc1ccccc1)C(=O)Nc1cccc(Cl)c1. The van der Waals surface area contributed by atoms with Gasteiger partial charge in [-0.05, 0) is 59.7 Å².